The van der Waals surface area contributed by atoms with Gasteiger partial charge in [0, 0.05) is 5.92 Å². The Balaban J connectivity index is 1.37. The van der Waals surface area contributed by atoms with E-state index in [-0.39, 0.29) is 12.5 Å². The summed E-state index contributed by atoms with van der Waals surface area (Å²) in [5.74, 6) is -1.54. The summed E-state index contributed by atoms with van der Waals surface area (Å²) in [6, 6.07) is 15.2. The summed E-state index contributed by atoms with van der Waals surface area (Å²) in [6.07, 6.45) is 0.528. The monoisotopic (exact) mass is 438 g/mol. The van der Waals surface area contributed by atoms with Crippen LogP contribution >= 0.6 is 0 Å². The Labute approximate surface area is 185 Å². The molecule has 2 aromatic carbocycles. The lowest BCUT2D eigenvalue weighted by molar-refractivity contribution is -0.159. The number of amides is 2. The molecule has 0 radical (unpaired) electrons. The first-order chi connectivity index (χ1) is 15.4. The fraction of sp³-hybridized carbons (Fsp3) is 0.375. The Morgan fingerprint density at radius 1 is 1.03 bits per heavy atom. The van der Waals surface area contributed by atoms with Crippen LogP contribution < -0.4 is 10.8 Å². The summed E-state index contributed by atoms with van der Waals surface area (Å²) in [5.41, 5.74) is 6.60. The Morgan fingerprint density at radius 3 is 2.19 bits per heavy atom. The lowest BCUT2D eigenvalue weighted by Gasteiger charge is -2.20. The van der Waals surface area contributed by atoms with Gasteiger partial charge in [0.25, 0.3) is 5.91 Å². The van der Waals surface area contributed by atoms with Crippen LogP contribution in [0.15, 0.2) is 48.5 Å². The van der Waals surface area contributed by atoms with E-state index in [4.69, 9.17) is 14.7 Å². The van der Waals surface area contributed by atoms with Crippen LogP contribution in [0.4, 0.5) is 4.79 Å². The minimum absolute atomic E-state index is 0.0800. The van der Waals surface area contributed by atoms with E-state index in [9.17, 15) is 14.4 Å². The molecule has 0 heterocycles. The number of carbonyl (C=O) groups excluding carboxylic acids is 2. The van der Waals surface area contributed by atoms with Crippen LogP contribution in [0, 0.1) is 5.92 Å². The second-order valence-electron chi connectivity index (χ2n) is 8.27. The van der Waals surface area contributed by atoms with Gasteiger partial charge in [-0.15, -0.1) is 0 Å². The van der Waals surface area contributed by atoms with Crippen molar-refractivity contribution < 1.29 is 29.1 Å². The predicted octanol–water partition coefficient (Wildman–Crippen LogP) is 3.21. The minimum Gasteiger partial charge on any atom is -0.479 e. The Hall–Kier alpha value is -3.39. The number of fused-ring (bicyclic) bond motifs is 3. The highest BCUT2D eigenvalue weighted by atomic mass is 16.7. The van der Waals surface area contributed by atoms with Gasteiger partial charge in [-0.25, -0.2) is 15.1 Å². The molecule has 2 atom stereocenters. The van der Waals surface area contributed by atoms with Crippen molar-refractivity contribution in [3.8, 4) is 11.1 Å². The van der Waals surface area contributed by atoms with E-state index in [0.29, 0.717) is 12.3 Å². The summed E-state index contributed by atoms with van der Waals surface area (Å²) in [6.45, 7) is 1.45. The molecule has 0 bridgehead atoms. The van der Waals surface area contributed by atoms with E-state index in [0.717, 1.165) is 35.1 Å². The highest BCUT2D eigenvalue weighted by Gasteiger charge is 2.33. The highest BCUT2D eigenvalue weighted by molar-refractivity contribution is 5.85. The number of rotatable bonds is 9. The largest absolute Gasteiger partial charge is 0.479 e. The van der Waals surface area contributed by atoms with Gasteiger partial charge in [0.1, 0.15) is 12.6 Å². The van der Waals surface area contributed by atoms with E-state index in [1.165, 1.54) is 6.92 Å². The van der Waals surface area contributed by atoms with Crippen LogP contribution in [-0.4, -0.2) is 41.8 Å². The number of hydrogen-bond donors (Lipinski definition) is 3. The molecule has 2 aliphatic carbocycles. The normalized spacial score (nSPS) is 16.4. The molecule has 3 N–H and O–H groups in total. The minimum atomic E-state index is -1.20. The molecule has 32 heavy (non-hydrogen) atoms. The molecule has 8 heteroatoms. The second-order valence-corrected chi connectivity index (χ2v) is 8.27. The first kappa shape index (κ1) is 21.8. The van der Waals surface area contributed by atoms with Gasteiger partial charge in [-0.2, -0.15) is 0 Å². The van der Waals surface area contributed by atoms with Crippen molar-refractivity contribution in [3.05, 3.63) is 59.7 Å². The number of aliphatic carboxylic acids is 1. The average Bonchev–Trinajstić information content (AvgIpc) is 3.56. The summed E-state index contributed by atoms with van der Waals surface area (Å²) in [7, 11) is 0. The van der Waals surface area contributed by atoms with Crippen molar-refractivity contribution in [2.24, 2.45) is 5.92 Å². The molecule has 0 saturated heterocycles. The van der Waals surface area contributed by atoms with Gasteiger partial charge in [-0.05, 0) is 41.5 Å². The third kappa shape index (κ3) is 4.91. The molecule has 1 fully saturated rings. The van der Waals surface area contributed by atoms with Crippen molar-refractivity contribution in [2.45, 2.75) is 44.2 Å². The molecule has 0 aromatic heterocycles. The van der Waals surface area contributed by atoms with Crippen molar-refractivity contribution in [3.63, 3.8) is 0 Å². The van der Waals surface area contributed by atoms with Gasteiger partial charge >= 0.3 is 12.1 Å². The topological polar surface area (TPSA) is 114 Å². The van der Waals surface area contributed by atoms with Crippen molar-refractivity contribution in [2.75, 3.05) is 6.61 Å². The number of hydrogen-bond acceptors (Lipinski definition) is 5. The number of ether oxygens (including phenoxy) is 1. The molecular weight excluding hydrogens is 412 g/mol. The van der Waals surface area contributed by atoms with Gasteiger partial charge in [0.05, 0.1) is 0 Å². The van der Waals surface area contributed by atoms with E-state index in [1.807, 2.05) is 36.4 Å². The number of carbonyl (C=O) groups is 3. The average molecular weight is 438 g/mol. The van der Waals surface area contributed by atoms with Crippen LogP contribution in [0.2, 0.25) is 0 Å². The summed E-state index contributed by atoms with van der Waals surface area (Å²) in [4.78, 5) is 40.7. The number of hydroxylamine groups is 1. The second kappa shape index (κ2) is 9.40. The molecule has 1 saturated carbocycles. The smallest absolute Gasteiger partial charge is 0.407 e. The van der Waals surface area contributed by atoms with Crippen LogP contribution in [0.25, 0.3) is 11.1 Å². The molecule has 2 aliphatic rings. The number of carboxylic acid groups (broad SMARTS) is 1. The Morgan fingerprint density at radius 2 is 1.62 bits per heavy atom. The maximum absolute atomic E-state index is 12.5. The summed E-state index contributed by atoms with van der Waals surface area (Å²) in [5, 5.41) is 11.5. The lowest BCUT2D eigenvalue weighted by atomic mass is 9.98. The molecule has 2 aromatic rings. The van der Waals surface area contributed by atoms with E-state index in [2.05, 4.69) is 22.9 Å². The molecule has 0 spiro atoms. The Bertz CT molecular complexity index is 974. The van der Waals surface area contributed by atoms with E-state index >= 15 is 0 Å². The van der Waals surface area contributed by atoms with Gasteiger partial charge in [0.15, 0.2) is 6.10 Å². The maximum Gasteiger partial charge on any atom is 0.407 e. The third-order valence-electron chi connectivity index (χ3n) is 5.90. The molecule has 2 unspecified atom stereocenters. The zero-order valence-corrected chi connectivity index (χ0v) is 17.7. The van der Waals surface area contributed by atoms with Crippen molar-refractivity contribution in [1.82, 2.24) is 10.8 Å². The van der Waals surface area contributed by atoms with Crippen LogP contribution in [0.3, 0.4) is 0 Å². The maximum atomic E-state index is 12.5. The molecule has 0 aliphatic heterocycles. The molecular formula is C24H26N2O6. The Kier molecular flexibility index (Phi) is 6.41. The third-order valence-corrected chi connectivity index (χ3v) is 5.90. The summed E-state index contributed by atoms with van der Waals surface area (Å²) >= 11 is 0. The van der Waals surface area contributed by atoms with Crippen LogP contribution in [-0.2, 0) is 19.2 Å². The first-order valence-corrected chi connectivity index (χ1v) is 10.7. The molecule has 2 amide bonds. The van der Waals surface area contributed by atoms with Gasteiger partial charge in [-0.1, -0.05) is 61.4 Å². The molecule has 8 nitrogen and oxygen atoms in total. The van der Waals surface area contributed by atoms with Crippen LogP contribution in [0.1, 0.15) is 43.2 Å². The summed E-state index contributed by atoms with van der Waals surface area (Å²) < 4.78 is 5.52. The van der Waals surface area contributed by atoms with Crippen molar-refractivity contribution in [1.29, 1.82) is 0 Å². The number of carboxylic acids is 1. The zero-order valence-electron chi connectivity index (χ0n) is 17.7. The number of benzene rings is 2. The molecule has 168 valence electrons. The molecule has 4 rings (SSSR count). The van der Waals surface area contributed by atoms with Gasteiger partial charge in [-0.3, -0.25) is 9.63 Å². The van der Waals surface area contributed by atoms with E-state index in [1.54, 1.807) is 0 Å². The number of nitrogens with one attached hydrogen (secondary N) is 2. The first-order valence-electron chi connectivity index (χ1n) is 10.7. The fourth-order valence-electron chi connectivity index (χ4n) is 3.97. The zero-order chi connectivity index (χ0) is 22.7. The lowest BCUT2D eigenvalue weighted by Crippen LogP contribution is -2.48. The number of alkyl carbamates (subject to hydrolysis) is 1. The van der Waals surface area contributed by atoms with Gasteiger partial charge < -0.3 is 15.2 Å². The van der Waals surface area contributed by atoms with E-state index < -0.39 is 30.1 Å². The quantitative estimate of drug-likeness (QED) is 0.518. The predicted molar refractivity (Wildman–Crippen MR) is 116 cm³/mol. The fourth-order valence-corrected chi connectivity index (χ4v) is 3.97. The standard InChI is InChI=1S/C24H26N2O6/c1-14(23(28)29)32-26-22(27)21(12-15-10-11-15)25-24(30)31-13-20-18-8-4-2-6-16(18)17-7-3-5-9-19(17)20/h2-9,14-15,20-21H,10-13H2,1H3,(H,25,30)(H,26,27)(H,28,29). The van der Waals surface area contributed by atoms with Gasteiger partial charge in [0.2, 0.25) is 0 Å². The highest BCUT2D eigenvalue weighted by Crippen LogP contribution is 2.44. The van der Waals surface area contributed by atoms with Crippen LogP contribution in [0.5, 0.6) is 0 Å². The SMILES string of the molecule is CC(ONC(=O)C(CC1CC1)NC(=O)OCC1c2ccccc2-c2ccccc21)C(=O)O. The van der Waals surface area contributed by atoms with Crippen molar-refractivity contribution >= 4 is 18.0 Å².